The van der Waals surface area contributed by atoms with Crippen molar-refractivity contribution < 1.29 is 40.5 Å². The van der Waals surface area contributed by atoms with Crippen molar-refractivity contribution in [3.8, 4) is 0 Å². The van der Waals surface area contributed by atoms with Crippen LogP contribution in [0, 0.1) is 0 Å². The second kappa shape index (κ2) is 3.36. The predicted molar refractivity (Wildman–Crippen MR) is 38.3 cm³/mol. The monoisotopic (exact) mass is 212 g/mol. The van der Waals surface area contributed by atoms with Gasteiger partial charge in [0.25, 0.3) is 5.79 Å². The molecule has 0 amide bonds. The predicted octanol–water partition coefficient (Wildman–Crippen LogP) is -4.58. The third kappa shape index (κ3) is 1.51. The van der Waals surface area contributed by atoms with Crippen LogP contribution in [0.1, 0.15) is 0 Å². The fourth-order valence-electron chi connectivity index (χ4n) is 1.15. The fourth-order valence-corrected chi connectivity index (χ4v) is 1.15. The fraction of sp³-hybridized carbons (Fsp3) is 1.00. The molecule has 0 aliphatic carbocycles. The van der Waals surface area contributed by atoms with E-state index in [2.05, 4.69) is 4.74 Å². The number of aliphatic hydroxyl groups is 7. The Hall–Kier alpha value is -0.320. The van der Waals surface area contributed by atoms with E-state index in [1.54, 1.807) is 0 Å². The molecule has 3 atom stereocenters. The largest absolute Gasteiger partial charge is 0.394 e. The third-order valence-corrected chi connectivity index (χ3v) is 2.09. The minimum atomic E-state index is -3.46. The molecule has 84 valence electrons. The molecule has 1 heterocycles. The zero-order valence-corrected chi connectivity index (χ0v) is 6.98. The average molecular weight is 212 g/mol. The molecule has 0 aromatic rings. The summed E-state index contributed by atoms with van der Waals surface area (Å²) in [6.45, 7) is -0.822. The molecule has 0 aromatic heterocycles. The highest BCUT2D eigenvalue weighted by Crippen LogP contribution is 2.32. The lowest BCUT2D eigenvalue weighted by molar-refractivity contribution is -0.515. The van der Waals surface area contributed by atoms with Crippen LogP contribution in [-0.4, -0.2) is 72.4 Å². The molecule has 0 radical (unpaired) electrons. The van der Waals surface area contributed by atoms with E-state index in [0.717, 1.165) is 0 Å². The van der Waals surface area contributed by atoms with Crippen LogP contribution in [0.3, 0.4) is 0 Å². The molecule has 0 bridgehead atoms. The molecular weight excluding hydrogens is 200 g/mol. The second-order valence-corrected chi connectivity index (χ2v) is 3.11. The summed E-state index contributed by atoms with van der Waals surface area (Å²) in [5.41, 5.74) is 0. The molecule has 8 heteroatoms. The summed E-state index contributed by atoms with van der Waals surface area (Å²) >= 11 is 0. The lowest BCUT2D eigenvalue weighted by Gasteiger charge is -2.46. The van der Waals surface area contributed by atoms with Crippen molar-refractivity contribution in [1.82, 2.24) is 0 Å². The van der Waals surface area contributed by atoms with Gasteiger partial charge in [0.2, 0.25) is 0 Å². The number of aliphatic hydroxyl groups excluding tert-OH is 3. The molecule has 14 heavy (non-hydrogen) atoms. The molecule has 7 N–H and O–H groups in total. The highest BCUT2D eigenvalue weighted by molar-refractivity contribution is 4.96. The third-order valence-electron chi connectivity index (χ3n) is 2.09. The van der Waals surface area contributed by atoms with Crippen molar-refractivity contribution in [2.24, 2.45) is 0 Å². The van der Waals surface area contributed by atoms with Gasteiger partial charge >= 0.3 is 5.97 Å². The van der Waals surface area contributed by atoms with Gasteiger partial charge in [-0.05, 0) is 0 Å². The Morgan fingerprint density at radius 1 is 1.07 bits per heavy atom. The summed E-state index contributed by atoms with van der Waals surface area (Å²) in [7, 11) is 0. The van der Waals surface area contributed by atoms with Gasteiger partial charge in [-0.15, -0.1) is 0 Å². The van der Waals surface area contributed by atoms with Gasteiger partial charge in [-0.2, -0.15) is 0 Å². The van der Waals surface area contributed by atoms with E-state index in [4.69, 9.17) is 35.7 Å². The first-order valence-electron chi connectivity index (χ1n) is 3.78. The van der Waals surface area contributed by atoms with Gasteiger partial charge in [0.05, 0.1) is 6.61 Å². The van der Waals surface area contributed by atoms with Crippen LogP contribution in [0.4, 0.5) is 0 Å². The van der Waals surface area contributed by atoms with Gasteiger partial charge in [-0.1, -0.05) is 0 Å². The Labute approximate surface area is 78.2 Å². The van der Waals surface area contributed by atoms with Crippen molar-refractivity contribution >= 4 is 0 Å². The zero-order valence-electron chi connectivity index (χ0n) is 6.98. The SMILES string of the molecule is OC[C@H]1OC(O)(O)C(O)(O)[C@@H](O)[C@@H]1O. The summed E-state index contributed by atoms with van der Waals surface area (Å²) in [5.74, 6) is -6.89. The molecule has 0 saturated carbocycles. The Morgan fingerprint density at radius 3 is 2.00 bits per heavy atom. The van der Waals surface area contributed by atoms with Crippen LogP contribution in [0.2, 0.25) is 0 Å². The molecule has 1 rings (SSSR count). The average Bonchev–Trinajstić information content (AvgIpc) is 2.09. The van der Waals surface area contributed by atoms with Gasteiger partial charge in [0, 0.05) is 0 Å². The number of ether oxygens (including phenoxy) is 1. The maximum Gasteiger partial charge on any atom is 0.338 e. The minimum Gasteiger partial charge on any atom is -0.394 e. The van der Waals surface area contributed by atoms with Crippen LogP contribution in [0.15, 0.2) is 0 Å². The van der Waals surface area contributed by atoms with E-state index in [9.17, 15) is 0 Å². The van der Waals surface area contributed by atoms with Crippen molar-refractivity contribution in [3.05, 3.63) is 0 Å². The zero-order chi connectivity index (χ0) is 11.1. The van der Waals surface area contributed by atoms with Crippen LogP contribution in [-0.2, 0) is 4.74 Å². The second-order valence-electron chi connectivity index (χ2n) is 3.11. The smallest absolute Gasteiger partial charge is 0.338 e. The summed E-state index contributed by atoms with van der Waals surface area (Å²) in [6.07, 6.45) is -5.64. The Bertz CT molecular complexity index is 214. The van der Waals surface area contributed by atoms with Crippen LogP contribution in [0.25, 0.3) is 0 Å². The highest BCUT2D eigenvalue weighted by atomic mass is 16.8. The first-order valence-corrected chi connectivity index (χ1v) is 3.78. The van der Waals surface area contributed by atoms with Gasteiger partial charge in [-0.25, -0.2) is 0 Å². The van der Waals surface area contributed by atoms with Crippen LogP contribution < -0.4 is 0 Å². The Balaban J connectivity index is 2.95. The van der Waals surface area contributed by atoms with Gasteiger partial charge < -0.3 is 40.5 Å². The number of hydrogen-bond donors (Lipinski definition) is 7. The topological polar surface area (TPSA) is 151 Å². The molecule has 1 fully saturated rings. The van der Waals surface area contributed by atoms with Gasteiger partial charge in [0.15, 0.2) is 0 Å². The molecule has 0 aromatic carbocycles. The van der Waals surface area contributed by atoms with E-state index in [1.807, 2.05) is 0 Å². The summed E-state index contributed by atoms with van der Waals surface area (Å²) in [5, 5.41) is 62.7. The summed E-state index contributed by atoms with van der Waals surface area (Å²) in [4.78, 5) is 0. The van der Waals surface area contributed by atoms with Gasteiger partial charge in [0.1, 0.15) is 18.3 Å². The lowest BCUT2D eigenvalue weighted by Crippen LogP contribution is -2.73. The number of hydrogen-bond acceptors (Lipinski definition) is 8. The highest BCUT2D eigenvalue weighted by Gasteiger charge is 2.63. The first-order chi connectivity index (χ1) is 6.24. The lowest BCUT2D eigenvalue weighted by atomic mass is 9.94. The normalized spacial score (nSPS) is 40.9. The maximum atomic E-state index is 9.13. The van der Waals surface area contributed by atoms with Crippen molar-refractivity contribution in [2.75, 3.05) is 6.61 Å². The molecular formula is C6H12O8. The molecule has 0 spiro atoms. The molecule has 8 nitrogen and oxygen atoms in total. The van der Waals surface area contributed by atoms with E-state index in [1.165, 1.54) is 0 Å². The van der Waals surface area contributed by atoms with E-state index in [0.29, 0.717) is 0 Å². The molecule has 0 unspecified atom stereocenters. The standard InChI is InChI=1S/C6H12O8/c7-1-2-3(8)4(9)5(10,11)6(12,13)14-2/h2-4,7-13H,1H2/t2-,3-,4+/m1/s1. The van der Waals surface area contributed by atoms with Crippen molar-refractivity contribution in [3.63, 3.8) is 0 Å². The van der Waals surface area contributed by atoms with Crippen molar-refractivity contribution in [1.29, 1.82) is 0 Å². The van der Waals surface area contributed by atoms with Crippen LogP contribution >= 0.6 is 0 Å². The van der Waals surface area contributed by atoms with Crippen LogP contribution in [0.5, 0.6) is 0 Å². The quantitative estimate of drug-likeness (QED) is 0.214. The summed E-state index contributed by atoms with van der Waals surface area (Å²) < 4.78 is 4.17. The van der Waals surface area contributed by atoms with Crippen molar-refractivity contribution in [2.45, 2.75) is 30.1 Å². The Kier molecular flexibility index (Phi) is 2.82. The Morgan fingerprint density at radius 2 is 1.57 bits per heavy atom. The van der Waals surface area contributed by atoms with E-state index >= 15 is 0 Å². The first kappa shape index (κ1) is 11.8. The maximum absolute atomic E-state index is 9.13. The molecule has 1 aliphatic rings. The summed E-state index contributed by atoms with van der Waals surface area (Å²) in [6, 6.07) is 0. The van der Waals surface area contributed by atoms with Gasteiger partial charge in [-0.3, -0.25) is 0 Å². The van der Waals surface area contributed by atoms with E-state index in [-0.39, 0.29) is 0 Å². The molecule has 1 saturated heterocycles. The minimum absolute atomic E-state index is 0.822. The van der Waals surface area contributed by atoms with E-state index < -0.39 is 36.7 Å². The molecule has 1 aliphatic heterocycles. The number of rotatable bonds is 1.